The number of amides is 1. The number of esters is 1. The fourth-order valence-electron chi connectivity index (χ4n) is 2.21. The van der Waals surface area contributed by atoms with Gasteiger partial charge in [0.05, 0.1) is 12.8 Å². The number of aliphatic carboxylic acids is 1. The van der Waals surface area contributed by atoms with Crippen molar-refractivity contribution in [2.45, 2.75) is 71.8 Å². The van der Waals surface area contributed by atoms with Gasteiger partial charge in [-0.25, -0.2) is 0 Å². The number of carboxylic acid groups (broad SMARTS) is 1. The fourth-order valence-corrected chi connectivity index (χ4v) is 2.21. The van der Waals surface area contributed by atoms with Gasteiger partial charge in [-0.1, -0.05) is 33.1 Å². The Morgan fingerprint density at radius 1 is 1.04 bits per heavy atom. The molecule has 0 aliphatic carbocycles. The highest BCUT2D eigenvalue weighted by molar-refractivity contribution is 5.88. The van der Waals surface area contributed by atoms with E-state index in [9.17, 15) is 19.2 Å². The lowest BCUT2D eigenvalue weighted by Gasteiger charge is -2.21. The monoisotopic (exact) mass is 343 g/mol. The second-order valence-corrected chi connectivity index (χ2v) is 5.88. The molecule has 0 saturated heterocycles. The van der Waals surface area contributed by atoms with Crippen LogP contribution in [-0.4, -0.2) is 41.4 Å². The molecule has 0 fully saturated rings. The standard InChI is InChI=1S/C17H29NO6/c1-4-6-8-13(7-5-2)17(23)18-14(12(3)19)11-24-16(22)10-9-15(20)21/h13-14H,4-11H2,1-3H3,(H,18,23)(H,20,21). The van der Waals surface area contributed by atoms with Crippen LogP contribution in [0.4, 0.5) is 0 Å². The molecule has 0 aliphatic rings. The van der Waals surface area contributed by atoms with Crippen molar-refractivity contribution in [2.24, 2.45) is 5.92 Å². The summed E-state index contributed by atoms with van der Waals surface area (Å²) < 4.78 is 4.90. The molecule has 0 rings (SSSR count). The van der Waals surface area contributed by atoms with Crippen LogP contribution in [0, 0.1) is 5.92 Å². The van der Waals surface area contributed by atoms with E-state index in [2.05, 4.69) is 12.2 Å². The number of ketones is 1. The van der Waals surface area contributed by atoms with Crippen LogP contribution >= 0.6 is 0 Å². The lowest BCUT2D eigenvalue weighted by Crippen LogP contribution is -2.46. The molecule has 2 atom stereocenters. The van der Waals surface area contributed by atoms with Gasteiger partial charge in [0.2, 0.25) is 5.91 Å². The molecule has 0 heterocycles. The smallest absolute Gasteiger partial charge is 0.306 e. The molecule has 0 spiro atoms. The number of carboxylic acids is 1. The van der Waals surface area contributed by atoms with Crippen LogP contribution in [0.5, 0.6) is 0 Å². The minimum atomic E-state index is -1.10. The van der Waals surface area contributed by atoms with Crippen molar-refractivity contribution in [2.75, 3.05) is 6.61 Å². The summed E-state index contributed by atoms with van der Waals surface area (Å²) in [4.78, 5) is 45.8. The van der Waals surface area contributed by atoms with Gasteiger partial charge in [-0.3, -0.25) is 19.2 Å². The first kappa shape index (κ1) is 22.1. The molecule has 7 heteroatoms. The molecule has 2 N–H and O–H groups in total. The molecule has 0 aromatic heterocycles. The van der Waals surface area contributed by atoms with E-state index in [4.69, 9.17) is 9.84 Å². The van der Waals surface area contributed by atoms with Crippen molar-refractivity contribution >= 4 is 23.6 Å². The van der Waals surface area contributed by atoms with Crippen LogP contribution in [0.3, 0.4) is 0 Å². The number of carbonyl (C=O) groups is 4. The SMILES string of the molecule is CCCCC(CCC)C(=O)NC(COC(=O)CCC(=O)O)C(C)=O. The lowest BCUT2D eigenvalue weighted by atomic mass is 9.95. The molecule has 24 heavy (non-hydrogen) atoms. The maximum Gasteiger partial charge on any atom is 0.306 e. The highest BCUT2D eigenvalue weighted by Crippen LogP contribution is 2.15. The number of Topliss-reactive ketones (excluding diaryl/α,β-unsaturated/α-hetero) is 1. The Bertz CT molecular complexity index is 435. The maximum absolute atomic E-state index is 12.3. The van der Waals surface area contributed by atoms with Gasteiger partial charge in [-0.15, -0.1) is 0 Å². The van der Waals surface area contributed by atoms with Crippen LogP contribution in [0.25, 0.3) is 0 Å². The average molecular weight is 343 g/mol. The molecule has 138 valence electrons. The van der Waals surface area contributed by atoms with Gasteiger partial charge in [0, 0.05) is 5.92 Å². The number of ether oxygens (including phenoxy) is 1. The molecule has 0 aromatic carbocycles. The first-order valence-corrected chi connectivity index (χ1v) is 8.49. The fraction of sp³-hybridized carbons (Fsp3) is 0.765. The average Bonchev–Trinajstić information content (AvgIpc) is 2.52. The second kappa shape index (κ2) is 12.5. The highest BCUT2D eigenvalue weighted by Gasteiger charge is 2.24. The summed E-state index contributed by atoms with van der Waals surface area (Å²) in [5.41, 5.74) is 0. The number of hydrogen-bond donors (Lipinski definition) is 2. The van der Waals surface area contributed by atoms with Crippen molar-refractivity contribution in [3.63, 3.8) is 0 Å². The van der Waals surface area contributed by atoms with Crippen molar-refractivity contribution in [1.29, 1.82) is 0 Å². The molecule has 0 saturated carbocycles. The molecule has 1 amide bonds. The Morgan fingerprint density at radius 2 is 1.71 bits per heavy atom. The Morgan fingerprint density at radius 3 is 2.21 bits per heavy atom. The summed E-state index contributed by atoms with van der Waals surface area (Å²) in [6.07, 6.45) is 3.72. The summed E-state index contributed by atoms with van der Waals surface area (Å²) in [6.45, 7) is 5.10. The van der Waals surface area contributed by atoms with Gasteiger partial charge in [0.15, 0.2) is 5.78 Å². The molecular formula is C17H29NO6. The minimum Gasteiger partial charge on any atom is -0.481 e. The zero-order chi connectivity index (χ0) is 18.5. The Labute approximate surface area is 143 Å². The summed E-state index contributed by atoms with van der Waals surface area (Å²) in [6, 6.07) is -0.896. The predicted octanol–water partition coefficient (Wildman–Crippen LogP) is 2.07. The number of nitrogens with one attached hydrogen (secondary N) is 1. The first-order valence-electron chi connectivity index (χ1n) is 8.49. The second-order valence-electron chi connectivity index (χ2n) is 5.88. The minimum absolute atomic E-state index is 0.153. The van der Waals surface area contributed by atoms with Crippen molar-refractivity contribution in [3.05, 3.63) is 0 Å². The molecule has 2 unspecified atom stereocenters. The quantitative estimate of drug-likeness (QED) is 0.495. The zero-order valence-electron chi connectivity index (χ0n) is 14.8. The highest BCUT2D eigenvalue weighted by atomic mass is 16.5. The van der Waals surface area contributed by atoms with Crippen molar-refractivity contribution in [3.8, 4) is 0 Å². The van der Waals surface area contributed by atoms with Crippen LogP contribution in [0.1, 0.15) is 65.7 Å². The third-order valence-electron chi connectivity index (χ3n) is 3.68. The van der Waals surface area contributed by atoms with Gasteiger partial charge in [0.1, 0.15) is 12.6 Å². The zero-order valence-corrected chi connectivity index (χ0v) is 14.8. The van der Waals surface area contributed by atoms with E-state index >= 15 is 0 Å². The van der Waals surface area contributed by atoms with Crippen LogP contribution < -0.4 is 5.32 Å². The number of rotatable bonds is 13. The largest absolute Gasteiger partial charge is 0.481 e. The van der Waals surface area contributed by atoms with Crippen molar-refractivity contribution in [1.82, 2.24) is 5.32 Å². The molecule has 7 nitrogen and oxygen atoms in total. The van der Waals surface area contributed by atoms with Crippen LogP contribution in [0.2, 0.25) is 0 Å². The van der Waals surface area contributed by atoms with E-state index in [1.807, 2.05) is 6.92 Å². The summed E-state index contributed by atoms with van der Waals surface area (Å²) in [7, 11) is 0. The molecule has 0 bridgehead atoms. The third-order valence-corrected chi connectivity index (χ3v) is 3.68. The number of carbonyl (C=O) groups excluding carboxylic acids is 3. The molecule has 0 aromatic rings. The van der Waals surface area contributed by atoms with Gasteiger partial charge >= 0.3 is 11.9 Å². The van der Waals surface area contributed by atoms with Crippen LogP contribution in [-0.2, 0) is 23.9 Å². The van der Waals surface area contributed by atoms with Gasteiger partial charge in [-0.05, 0) is 19.8 Å². The van der Waals surface area contributed by atoms with E-state index in [-0.39, 0.29) is 37.1 Å². The molecule has 0 radical (unpaired) electrons. The normalized spacial score (nSPS) is 13.0. The third kappa shape index (κ3) is 9.97. The van der Waals surface area contributed by atoms with Gasteiger partial charge in [-0.2, -0.15) is 0 Å². The Kier molecular flexibility index (Phi) is 11.5. The molecular weight excluding hydrogens is 314 g/mol. The van der Waals surface area contributed by atoms with Gasteiger partial charge in [0.25, 0.3) is 0 Å². The van der Waals surface area contributed by atoms with Gasteiger partial charge < -0.3 is 15.2 Å². The molecule has 0 aliphatic heterocycles. The summed E-state index contributed by atoms with van der Waals surface area (Å²) in [5.74, 6) is -2.46. The van der Waals surface area contributed by atoms with E-state index in [0.29, 0.717) is 0 Å². The van der Waals surface area contributed by atoms with E-state index < -0.39 is 18.0 Å². The van der Waals surface area contributed by atoms with Crippen LogP contribution in [0.15, 0.2) is 0 Å². The van der Waals surface area contributed by atoms with E-state index in [1.54, 1.807) is 0 Å². The van der Waals surface area contributed by atoms with E-state index in [0.717, 1.165) is 32.1 Å². The predicted molar refractivity (Wildman–Crippen MR) is 88.4 cm³/mol. The maximum atomic E-state index is 12.3. The lowest BCUT2D eigenvalue weighted by molar-refractivity contribution is -0.149. The Hall–Kier alpha value is -1.92. The number of unbranched alkanes of at least 4 members (excludes halogenated alkanes) is 1. The van der Waals surface area contributed by atoms with Crippen molar-refractivity contribution < 1.29 is 29.0 Å². The van der Waals surface area contributed by atoms with E-state index in [1.165, 1.54) is 6.92 Å². The first-order chi connectivity index (χ1) is 11.3. The number of hydrogen-bond acceptors (Lipinski definition) is 5. The summed E-state index contributed by atoms with van der Waals surface area (Å²) in [5, 5.41) is 11.2. The topological polar surface area (TPSA) is 110 Å². The summed E-state index contributed by atoms with van der Waals surface area (Å²) >= 11 is 0. The Balaban J connectivity index is 4.53.